The molecule has 2 aliphatic heterocycles. The standard InChI is InChI=1S/C55H58F6N10O8/c1-30(2)29-77-53(76)71-23-22-40(26-44(71)50(75)65-32(4)48(73)63-28-34-12-16-39(17-13-34)46-68-52(79-70-46)55(59,60)61)36-18-20-37(21-19-36)42-24-41(35-8-6-5-7-9-35)25-43(66-42)49(74)64-31(3)47(72)62-27-33-10-14-38(15-11-33)45-67-51(78-69-45)54(56,57)58/h5-21,30-32,40-44,66H,22-29H2,1-4H3,(H,62,72)(H,63,73)(H,64,74)(H,65,75)/t31-,32-,40-,41-,42?,43+,44+/m0/s1. The van der Waals surface area contributed by atoms with E-state index in [1.54, 1.807) is 31.2 Å². The van der Waals surface area contributed by atoms with Crippen LogP contribution < -0.4 is 26.6 Å². The number of likely N-dealkylation sites (tertiary alicyclic amines) is 1. The molecule has 0 radical (unpaired) electrons. The predicted molar refractivity (Wildman–Crippen MR) is 272 cm³/mol. The van der Waals surface area contributed by atoms with E-state index in [1.807, 2.05) is 68.4 Å². The molecule has 5 amide bonds. The van der Waals surface area contributed by atoms with Crippen molar-refractivity contribution in [2.24, 2.45) is 5.92 Å². The first-order chi connectivity index (χ1) is 37.6. The highest BCUT2D eigenvalue weighted by Gasteiger charge is 2.41. The van der Waals surface area contributed by atoms with Gasteiger partial charge in [-0.25, -0.2) is 4.79 Å². The monoisotopic (exact) mass is 1100 g/mol. The van der Waals surface area contributed by atoms with Crippen molar-refractivity contribution in [2.45, 2.75) is 121 Å². The van der Waals surface area contributed by atoms with Gasteiger partial charge in [0.25, 0.3) is 0 Å². The summed E-state index contributed by atoms with van der Waals surface area (Å²) in [6, 6.07) is 26.2. The van der Waals surface area contributed by atoms with Crippen LogP contribution in [0.25, 0.3) is 22.8 Å². The van der Waals surface area contributed by atoms with Crippen molar-refractivity contribution in [3.63, 3.8) is 0 Å². The van der Waals surface area contributed by atoms with Crippen molar-refractivity contribution < 1.29 is 64.1 Å². The molecule has 2 aromatic heterocycles. The van der Waals surface area contributed by atoms with Crippen LogP contribution >= 0.6 is 0 Å². The number of ether oxygens (including phenoxy) is 1. The number of hydrogen-bond acceptors (Lipinski definition) is 13. The molecule has 7 atom stereocenters. The molecule has 2 aliphatic rings. The topological polar surface area (TPSA) is 236 Å². The SMILES string of the molecule is CC(C)COC(=O)N1CC[C@H](c2ccc(C3C[C@H](c4ccccc4)C[C@H](C(=O)N[C@@H](C)C(=O)NCc4ccc(-c5noc(C(F)(F)F)n5)cc4)N3)cc2)C[C@@H]1C(=O)N[C@@H](C)C(=O)NCc1ccc(-c2noc(C(F)(F)F)n2)cc1. The lowest BCUT2D eigenvalue weighted by atomic mass is 9.80. The number of hydrogen-bond donors (Lipinski definition) is 5. The summed E-state index contributed by atoms with van der Waals surface area (Å²) in [5.41, 5.74) is 4.67. The second-order valence-corrected chi connectivity index (χ2v) is 20.1. The Balaban J connectivity index is 0.882. The third-order valence-electron chi connectivity index (χ3n) is 13.7. The van der Waals surface area contributed by atoms with Gasteiger partial charge in [-0.3, -0.25) is 29.4 Å². The molecule has 6 aromatic rings. The highest BCUT2D eigenvalue weighted by molar-refractivity contribution is 5.91. The van der Waals surface area contributed by atoms with Crippen molar-refractivity contribution in [1.29, 1.82) is 0 Å². The Kier molecular flexibility index (Phi) is 17.8. The molecule has 4 aromatic carbocycles. The summed E-state index contributed by atoms with van der Waals surface area (Å²) in [5.74, 6) is -5.47. The molecule has 8 rings (SSSR count). The van der Waals surface area contributed by atoms with Gasteiger partial charge in [-0.05, 0) is 85.1 Å². The van der Waals surface area contributed by atoms with Gasteiger partial charge in [0.1, 0.15) is 18.1 Å². The van der Waals surface area contributed by atoms with E-state index in [0.29, 0.717) is 30.4 Å². The summed E-state index contributed by atoms with van der Waals surface area (Å²) >= 11 is 0. The Morgan fingerprint density at radius 2 is 1.13 bits per heavy atom. The van der Waals surface area contributed by atoms with Gasteiger partial charge in [0.05, 0.1) is 12.6 Å². The van der Waals surface area contributed by atoms with Crippen LogP contribution in [0.4, 0.5) is 31.1 Å². The quantitative estimate of drug-likeness (QED) is 0.0541. The fourth-order valence-electron chi connectivity index (χ4n) is 9.41. The number of nitrogens with zero attached hydrogens (tertiary/aromatic N) is 5. The minimum Gasteiger partial charge on any atom is -0.449 e. The van der Waals surface area contributed by atoms with Gasteiger partial charge in [-0.1, -0.05) is 127 Å². The third kappa shape index (κ3) is 14.7. The van der Waals surface area contributed by atoms with Crippen LogP contribution in [0, 0.1) is 5.92 Å². The zero-order chi connectivity index (χ0) is 56.6. The maximum atomic E-state index is 14.1. The number of carbonyl (C=O) groups is 5. The van der Waals surface area contributed by atoms with E-state index in [9.17, 15) is 50.3 Å². The van der Waals surface area contributed by atoms with Gasteiger partial charge >= 0.3 is 30.2 Å². The van der Waals surface area contributed by atoms with E-state index in [2.05, 4.69) is 55.9 Å². The molecule has 2 fully saturated rings. The first-order valence-electron chi connectivity index (χ1n) is 25.6. The molecule has 2 saturated heterocycles. The Morgan fingerprint density at radius 3 is 1.62 bits per heavy atom. The lowest BCUT2D eigenvalue weighted by molar-refractivity contribution is -0.160. The number of rotatable bonds is 17. The van der Waals surface area contributed by atoms with E-state index in [1.165, 1.54) is 36.1 Å². The molecular formula is C55H58F6N10O8. The first kappa shape index (κ1) is 57.0. The van der Waals surface area contributed by atoms with Gasteiger partial charge < -0.3 is 35.1 Å². The number of amides is 5. The molecule has 0 saturated carbocycles. The molecule has 0 bridgehead atoms. The van der Waals surface area contributed by atoms with Crippen LogP contribution in [-0.2, 0) is 49.4 Å². The fourth-order valence-corrected chi connectivity index (χ4v) is 9.41. The van der Waals surface area contributed by atoms with Gasteiger partial charge in [0.15, 0.2) is 0 Å². The normalized spacial score (nSPS) is 19.5. The first-order valence-corrected chi connectivity index (χ1v) is 25.6. The van der Waals surface area contributed by atoms with Crippen molar-refractivity contribution in [3.8, 4) is 22.8 Å². The van der Waals surface area contributed by atoms with Crippen molar-refractivity contribution >= 4 is 29.7 Å². The van der Waals surface area contributed by atoms with Crippen LogP contribution in [0.2, 0.25) is 0 Å². The molecular weight excluding hydrogens is 1040 g/mol. The second kappa shape index (κ2) is 24.7. The third-order valence-corrected chi connectivity index (χ3v) is 13.7. The number of benzene rings is 4. The van der Waals surface area contributed by atoms with E-state index in [4.69, 9.17) is 4.74 Å². The van der Waals surface area contributed by atoms with Gasteiger partial charge in [0, 0.05) is 36.8 Å². The molecule has 79 heavy (non-hydrogen) atoms. The Bertz CT molecular complexity index is 3060. The Morgan fingerprint density at radius 1 is 0.633 bits per heavy atom. The molecule has 24 heteroatoms. The minimum atomic E-state index is -4.79. The number of piperidine rings is 2. The van der Waals surface area contributed by atoms with Crippen LogP contribution in [0.15, 0.2) is 112 Å². The van der Waals surface area contributed by atoms with Crippen LogP contribution in [0.1, 0.15) is 111 Å². The average Bonchev–Trinajstić information content (AvgIpc) is 4.18. The summed E-state index contributed by atoms with van der Waals surface area (Å²) < 4.78 is 91.8. The summed E-state index contributed by atoms with van der Waals surface area (Å²) in [4.78, 5) is 76.2. The zero-order valence-electron chi connectivity index (χ0n) is 43.4. The molecule has 0 aliphatic carbocycles. The maximum absolute atomic E-state index is 14.1. The molecule has 0 spiro atoms. The Hall–Kier alpha value is -8.15. The maximum Gasteiger partial charge on any atom is 0.471 e. The van der Waals surface area contributed by atoms with E-state index in [0.717, 1.165) is 16.7 Å². The second-order valence-electron chi connectivity index (χ2n) is 20.1. The average molecular weight is 1100 g/mol. The lowest BCUT2D eigenvalue weighted by Crippen LogP contribution is -2.56. The van der Waals surface area contributed by atoms with Gasteiger partial charge in [0.2, 0.25) is 35.3 Å². The molecule has 18 nitrogen and oxygen atoms in total. The summed E-state index contributed by atoms with van der Waals surface area (Å²) in [7, 11) is 0. The highest BCUT2D eigenvalue weighted by Crippen LogP contribution is 2.39. The smallest absolute Gasteiger partial charge is 0.449 e. The number of aromatic nitrogens is 4. The minimum absolute atomic E-state index is 0.0255. The molecule has 5 N–H and O–H groups in total. The summed E-state index contributed by atoms with van der Waals surface area (Å²) in [5, 5.41) is 21.4. The zero-order valence-corrected chi connectivity index (χ0v) is 43.4. The van der Waals surface area contributed by atoms with E-state index < -0.39 is 72.1 Å². The number of alkyl halides is 6. The van der Waals surface area contributed by atoms with E-state index in [-0.39, 0.29) is 85.1 Å². The summed E-state index contributed by atoms with van der Waals surface area (Å²) in [6.07, 6.45) is -8.37. The van der Waals surface area contributed by atoms with Crippen LogP contribution in [0.5, 0.6) is 0 Å². The van der Waals surface area contributed by atoms with Gasteiger partial charge in [-0.15, -0.1) is 0 Å². The van der Waals surface area contributed by atoms with E-state index >= 15 is 0 Å². The fraction of sp³-hybridized carbons (Fsp3) is 0.400. The largest absolute Gasteiger partial charge is 0.471 e. The molecule has 4 heterocycles. The van der Waals surface area contributed by atoms with Gasteiger partial charge in [-0.2, -0.15) is 36.3 Å². The van der Waals surface area contributed by atoms with Crippen LogP contribution in [-0.4, -0.2) is 92.2 Å². The molecule has 418 valence electrons. The highest BCUT2D eigenvalue weighted by atomic mass is 19.4. The number of halogens is 6. The molecule has 1 unspecified atom stereocenters. The Labute approximate surface area is 449 Å². The van der Waals surface area contributed by atoms with Crippen molar-refractivity contribution in [1.82, 2.24) is 51.8 Å². The predicted octanol–water partition coefficient (Wildman–Crippen LogP) is 8.38. The summed E-state index contributed by atoms with van der Waals surface area (Å²) in [6.45, 7) is 7.31. The lowest BCUT2D eigenvalue weighted by Gasteiger charge is -2.39. The number of nitrogens with one attached hydrogen (secondary N) is 5. The number of carbonyl (C=O) groups excluding carboxylic acids is 5. The van der Waals surface area contributed by atoms with Crippen LogP contribution in [0.3, 0.4) is 0 Å². The van der Waals surface area contributed by atoms with Crippen molar-refractivity contribution in [2.75, 3.05) is 13.2 Å². The van der Waals surface area contributed by atoms with Crippen molar-refractivity contribution in [3.05, 3.63) is 143 Å².